The van der Waals surface area contributed by atoms with Crippen molar-refractivity contribution in [3.63, 3.8) is 0 Å². The molecule has 0 unspecified atom stereocenters. The van der Waals surface area contributed by atoms with Gasteiger partial charge in [0.05, 0.1) is 0 Å². The van der Waals surface area contributed by atoms with E-state index < -0.39 is 0 Å². The van der Waals surface area contributed by atoms with Crippen molar-refractivity contribution in [3.8, 4) is 0 Å². The van der Waals surface area contributed by atoms with Gasteiger partial charge in [0.25, 0.3) is 0 Å². The fourth-order valence-corrected chi connectivity index (χ4v) is 1.77. The maximum atomic E-state index is 11.4. The van der Waals surface area contributed by atoms with E-state index in [1.54, 1.807) is 0 Å². The van der Waals surface area contributed by atoms with E-state index in [2.05, 4.69) is 20.8 Å². The Labute approximate surface area is 93.8 Å². The normalized spacial score (nSPS) is 24.2. The summed E-state index contributed by atoms with van der Waals surface area (Å²) in [6, 6.07) is 0. The predicted molar refractivity (Wildman–Crippen MR) is 49.5 cm³/mol. The second kappa shape index (κ2) is 4.58. The largest absolute Gasteiger partial charge is 1.00 e. The average Bonchev–Trinajstić information content (AvgIpc) is 1.92. The topological polar surface area (TPSA) is 23.1 Å². The molecule has 0 spiro atoms. The third kappa shape index (κ3) is 3.41. The van der Waals surface area contributed by atoms with Gasteiger partial charge in [0.15, 0.2) is 0 Å². The van der Waals surface area contributed by atoms with Gasteiger partial charge in [-0.15, -0.1) is 5.76 Å². The van der Waals surface area contributed by atoms with Crippen molar-refractivity contribution in [3.05, 3.63) is 11.3 Å². The van der Waals surface area contributed by atoms with Crippen LogP contribution in [0.2, 0.25) is 0 Å². The van der Waals surface area contributed by atoms with Gasteiger partial charge >= 0.3 is 18.9 Å². The van der Waals surface area contributed by atoms with Gasteiger partial charge < -0.3 is 5.11 Å². The minimum Gasteiger partial charge on any atom is -0.875 e. The summed E-state index contributed by atoms with van der Waals surface area (Å²) in [5, 5.41) is 11.4. The fourth-order valence-electron chi connectivity index (χ4n) is 1.77. The van der Waals surface area contributed by atoms with E-state index in [0.29, 0.717) is 17.1 Å². The summed E-state index contributed by atoms with van der Waals surface area (Å²) in [6.45, 7) is 8.66. The van der Waals surface area contributed by atoms with Crippen molar-refractivity contribution >= 4 is 0 Å². The van der Waals surface area contributed by atoms with Crippen LogP contribution >= 0.6 is 0 Å². The van der Waals surface area contributed by atoms with Gasteiger partial charge in [-0.3, -0.25) is 0 Å². The molecular formula is C11H19LiO. The van der Waals surface area contributed by atoms with Gasteiger partial charge in [-0.25, -0.2) is 0 Å². The number of hydrogen-bond donors (Lipinski definition) is 0. The van der Waals surface area contributed by atoms with Crippen molar-refractivity contribution in [1.82, 2.24) is 0 Å². The van der Waals surface area contributed by atoms with Gasteiger partial charge in [0.2, 0.25) is 0 Å². The molecule has 0 amide bonds. The number of rotatable bonds is 0. The Morgan fingerprint density at radius 2 is 1.85 bits per heavy atom. The molecule has 70 valence electrons. The maximum absolute atomic E-state index is 11.4. The summed E-state index contributed by atoms with van der Waals surface area (Å²) in [5.41, 5.74) is 1.38. The summed E-state index contributed by atoms with van der Waals surface area (Å²) >= 11 is 0. The molecule has 0 aliphatic heterocycles. The van der Waals surface area contributed by atoms with E-state index in [1.807, 2.05) is 6.92 Å². The van der Waals surface area contributed by atoms with Crippen molar-refractivity contribution in [2.45, 2.75) is 47.0 Å². The molecule has 0 aromatic rings. The van der Waals surface area contributed by atoms with Gasteiger partial charge in [0, 0.05) is 0 Å². The van der Waals surface area contributed by atoms with Crippen LogP contribution in [0.15, 0.2) is 11.3 Å². The second-order valence-corrected chi connectivity index (χ2v) is 5.01. The van der Waals surface area contributed by atoms with Crippen LogP contribution in [0.4, 0.5) is 0 Å². The van der Waals surface area contributed by atoms with Crippen LogP contribution in [0.1, 0.15) is 47.0 Å². The van der Waals surface area contributed by atoms with Crippen molar-refractivity contribution in [2.24, 2.45) is 11.3 Å². The van der Waals surface area contributed by atoms with E-state index in [0.717, 1.165) is 18.4 Å². The van der Waals surface area contributed by atoms with Crippen molar-refractivity contribution in [1.29, 1.82) is 0 Å². The molecule has 2 heteroatoms. The third-order valence-electron chi connectivity index (χ3n) is 3.00. The van der Waals surface area contributed by atoms with E-state index in [-0.39, 0.29) is 18.9 Å². The maximum Gasteiger partial charge on any atom is 1.00 e. The Kier molecular flexibility index (Phi) is 4.62. The smallest absolute Gasteiger partial charge is 0.875 e. The number of hydrogen-bond acceptors (Lipinski definition) is 1. The Hall–Kier alpha value is 0.137. The van der Waals surface area contributed by atoms with Crippen LogP contribution < -0.4 is 24.0 Å². The molecule has 0 radical (unpaired) electrons. The zero-order valence-electron chi connectivity index (χ0n) is 9.61. The summed E-state index contributed by atoms with van der Waals surface area (Å²) in [5.74, 6) is 0.981. The molecule has 0 aromatic carbocycles. The minimum atomic E-state index is 0. The van der Waals surface area contributed by atoms with E-state index >= 15 is 0 Å². The molecule has 1 rings (SSSR count). The zero-order chi connectivity index (χ0) is 9.35. The van der Waals surface area contributed by atoms with Crippen LogP contribution in [0, 0.1) is 11.3 Å². The van der Waals surface area contributed by atoms with E-state index in [9.17, 15) is 5.11 Å². The molecule has 0 fully saturated rings. The molecule has 1 aliphatic carbocycles. The Morgan fingerprint density at radius 1 is 1.31 bits per heavy atom. The molecule has 1 nitrogen and oxygen atoms in total. The van der Waals surface area contributed by atoms with Crippen LogP contribution in [0.25, 0.3) is 0 Å². The van der Waals surface area contributed by atoms with Gasteiger partial charge in [0.1, 0.15) is 0 Å². The summed E-state index contributed by atoms with van der Waals surface area (Å²) < 4.78 is 0. The molecule has 0 aromatic heterocycles. The second-order valence-electron chi connectivity index (χ2n) is 5.01. The Balaban J connectivity index is 0.00000144. The summed E-state index contributed by atoms with van der Waals surface area (Å²) in [7, 11) is 0. The first kappa shape index (κ1) is 13.1. The van der Waals surface area contributed by atoms with Crippen LogP contribution in [0.3, 0.4) is 0 Å². The van der Waals surface area contributed by atoms with Crippen LogP contribution in [-0.4, -0.2) is 0 Å². The monoisotopic (exact) mass is 174 g/mol. The molecule has 0 heterocycles. The first-order valence-corrected chi connectivity index (χ1v) is 4.77. The molecule has 0 saturated carbocycles. The number of allylic oxidation sites excluding steroid dienone is 2. The molecule has 0 saturated heterocycles. The van der Waals surface area contributed by atoms with Gasteiger partial charge in [-0.05, 0) is 37.5 Å². The Bertz CT molecular complexity index is 201. The van der Waals surface area contributed by atoms with Gasteiger partial charge in [-0.1, -0.05) is 26.3 Å². The SMILES string of the molecule is CC1=C([O-])C[C@@H](C(C)(C)C)CC1.[Li+]. The summed E-state index contributed by atoms with van der Waals surface area (Å²) in [4.78, 5) is 0. The van der Waals surface area contributed by atoms with Crippen LogP contribution in [0.5, 0.6) is 0 Å². The molecule has 1 atom stereocenters. The molecule has 1 aliphatic rings. The fraction of sp³-hybridized carbons (Fsp3) is 0.818. The zero-order valence-corrected chi connectivity index (χ0v) is 9.61. The Morgan fingerprint density at radius 3 is 2.23 bits per heavy atom. The summed E-state index contributed by atoms with van der Waals surface area (Å²) in [6.07, 6.45) is 2.98. The molecular weight excluding hydrogens is 155 g/mol. The quantitative estimate of drug-likeness (QED) is 0.453. The third-order valence-corrected chi connectivity index (χ3v) is 3.00. The van der Waals surface area contributed by atoms with E-state index in [4.69, 9.17) is 0 Å². The first-order valence-electron chi connectivity index (χ1n) is 4.77. The van der Waals surface area contributed by atoms with E-state index in [1.165, 1.54) is 6.42 Å². The molecule has 0 N–H and O–H groups in total. The standard InChI is InChI=1S/C11H20O.Li/c1-8-5-6-9(7-10(8)12)11(2,3)4;/h9,12H,5-7H2,1-4H3;/q;+1/p-1/t9-;/m0./s1. The van der Waals surface area contributed by atoms with Crippen LogP contribution in [-0.2, 0) is 0 Å². The van der Waals surface area contributed by atoms with Crippen molar-refractivity contribution < 1.29 is 24.0 Å². The van der Waals surface area contributed by atoms with Gasteiger partial charge in [-0.2, -0.15) is 0 Å². The predicted octanol–water partition coefficient (Wildman–Crippen LogP) is -0.529. The van der Waals surface area contributed by atoms with Crippen molar-refractivity contribution in [2.75, 3.05) is 0 Å². The minimum absolute atomic E-state index is 0. The first-order chi connectivity index (χ1) is 5.41. The molecule has 0 bridgehead atoms. The average molecular weight is 174 g/mol. The molecule has 13 heavy (non-hydrogen) atoms.